The van der Waals surface area contributed by atoms with E-state index in [9.17, 15) is 9.59 Å². The van der Waals surface area contributed by atoms with Crippen LogP contribution < -0.4 is 0 Å². The van der Waals surface area contributed by atoms with E-state index in [1.54, 1.807) is 0 Å². The van der Waals surface area contributed by atoms with Crippen LogP contribution in [0.15, 0.2) is 18.3 Å². The molecule has 1 aromatic heterocycles. The summed E-state index contributed by atoms with van der Waals surface area (Å²) in [5, 5.41) is 8.72. The first-order chi connectivity index (χ1) is 9.65. The molecular weight excluding hydrogens is 256 g/mol. The Kier molecular flexibility index (Phi) is 3.51. The highest BCUT2D eigenvalue weighted by atomic mass is 16.4. The van der Waals surface area contributed by atoms with Gasteiger partial charge in [-0.2, -0.15) is 0 Å². The number of aliphatic carboxylic acids is 1. The fourth-order valence-corrected chi connectivity index (χ4v) is 2.99. The lowest BCUT2D eigenvalue weighted by Gasteiger charge is -2.17. The molecule has 1 unspecified atom stereocenters. The van der Waals surface area contributed by atoms with Crippen LogP contribution >= 0.6 is 0 Å². The normalized spacial score (nSPS) is 22.2. The number of nitrogens with zero attached hydrogens (tertiary/aromatic N) is 2. The highest BCUT2D eigenvalue weighted by Crippen LogP contribution is 2.36. The molecule has 1 aromatic rings. The summed E-state index contributed by atoms with van der Waals surface area (Å²) < 4.78 is 2.09. The molecule has 108 valence electrons. The van der Waals surface area contributed by atoms with Gasteiger partial charge in [0.25, 0.3) is 5.91 Å². The zero-order chi connectivity index (χ0) is 14.1. The average Bonchev–Trinajstić information content (AvgIpc) is 2.98. The summed E-state index contributed by atoms with van der Waals surface area (Å²) in [6, 6.07) is 4.34. The Bertz CT molecular complexity index is 519. The molecular formula is C15H20N2O3. The second kappa shape index (κ2) is 5.31. The summed E-state index contributed by atoms with van der Waals surface area (Å²) in [4.78, 5) is 25.0. The van der Waals surface area contributed by atoms with E-state index in [0.29, 0.717) is 24.9 Å². The van der Waals surface area contributed by atoms with E-state index in [2.05, 4.69) is 4.57 Å². The molecule has 20 heavy (non-hydrogen) atoms. The van der Waals surface area contributed by atoms with E-state index in [0.717, 1.165) is 31.5 Å². The average molecular weight is 276 g/mol. The third-order valence-corrected chi connectivity index (χ3v) is 4.28. The van der Waals surface area contributed by atoms with E-state index >= 15 is 0 Å². The first-order valence-electron chi connectivity index (χ1n) is 7.33. The minimum Gasteiger partial charge on any atom is -0.481 e. The SMILES string of the molecule is O=C(O)CCC1CCN(C(=O)c2cccn2C2CC2)C1. The molecule has 0 bridgehead atoms. The van der Waals surface area contributed by atoms with Crippen LogP contribution in [0.3, 0.4) is 0 Å². The topological polar surface area (TPSA) is 62.5 Å². The van der Waals surface area contributed by atoms with Crippen LogP contribution in [-0.4, -0.2) is 39.5 Å². The predicted molar refractivity (Wildman–Crippen MR) is 73.6 cm³/mol. The van der Waals surface area contributed by atoms with Gasteiger partial charge in [-0.05, 0) is 43.7 Å². The second-order valence-electron chi connectivity index (χ2n) is 5.87. The maximum atomic E-state index is 12.5. The molecule has 5 heteroatoms. The fourth-order valence-electron chi connectivity index (χ4n) is 2.99. The van der Waals surface area contributed by atoms with Gasteiger partial charge in [0.05, 0.1) is 0 Å². The molecule has 1 aliphatic carbocycles. The summed E-state index contributed by atoms with van der Waals surface area (Å²) in [5.41, 5.74) is 0.784. The Morgan fingerprint density at radius 1 is 1.30 bits per heavy atom. The van der Waals surface area contributed by atoms with Crippen molar-refractivity contribution in [3.05, 3.63) is 24.0 Å². The highest BCUT2D eigenvalue weighted by Gasteiger charge is 2.31. The van der Waals surface area contributed by atoms with Crippen molar-refractivity contribution >= 4 is 11.9 Å². The van der Waals surface area contributed by atoms with Gasteiger partial charge < -0.3 is 14.6 Å². The van der Waals surface area contributed by atoms with Crippen molar-refractivity contribution in [3.63, 3.8) is 0 Å². The second-order valence-corrected chi connectivity index (χ2v) is 5.87. The van der Waals surface area contributed by atoms with Gasteiger partial charge in [0.15, 0.2) is 0 Å². The van der Waals surface area contributed by atoms with Crippen molar-refractivity contribution in [3.8, 4) is 0 Å². The fraction of sp³-hybridized carbons (Fsp3) is 0.600. The van der Waals surface area contributed by atoms with Crippen LogP contribution in [0.2, 0.25) is 0 Å². The molecule has 1 aliphatic heterocycles. The molecule has 1 N–H and O–H groups in total. The van der Waals surface area contributed by atoms with Gasteiger partial charge >= 0.3 is 5.97 Å². The van der Waals surface area contributed by atoms with E-state index in [-0.39, 0.29) is 12.3 Å². The van der Waals surface area contributed by atoms with Gasteiger partial charge in [-0.3, -0.25) is 9.59 Å². The smallest absolute Gasteiger partial charge is 0.303 e. The lowest BCUT2D eigenvalue weighted by molar-refractivity contribution is -0.137. The molecule has 2 aliphatic rings. The number of aromatic nitrogens is 1. The number of hydrogen-bond acceptors (Lipinski definition) is 2. The molecule has 3 rings (SSSR count). The lowest BCUT2D eigenvalue weighted by atomic mass is 10.0. The monoisotopic (exact) mass is 276 g/mol. The Morgan fingerprint density at radius 3 is 2.80 bits per heavy atom. The summed E-state index contributed by atoms with van der Waals surface area (Å²) in [7, 11) is 0. The predicted octanol–water partition coefficient (Wildman–Crippen LogP) is 2.15. The van der Waals surface area contributed by atoms with E-state index in [1.165, 1.54) is 0 Å². The Balaban J connectivity index is 1.60. The quantitative estimate of drug-likeness (QED) is 0.896. The van der Waals surface area contributed by atoms with Crippen molar-refractivity contribution in [1.82, 2.24) is 9.47 Å². The van der Waals surface area contributed by atoms with Crippen LogP contribution in [-0.2, 0) is 4.79 Å². The van der Waals surface area contributed by atoms with Gasteiger partial charge in [-0.1, -0.05) is 0 Å². The van der Waals surface area contributed by atoms with Crippen LogP contribution in [0.25, 0.3) is 0 Å². The molecule has 1 saturated heterocycles. The Labute approximate surface area is 118 Å². The van der Waals surface area contributed by atoms with Crippen molar-refractivity contribution in [1.29, 1.82) is 0 Å². The Hall–Kier alpha value is -1.78. The maximum Gasteiger partial charge on any atom is 0.303 e. The van der Waals surface area contributed by atoms with Gasteiger partial charge in [-0.15, -0.1) is 0 Å². The third-order valence-electron chi connectivity index (χ3n) is 4.28. The number of likely N-dealkylation sites (tertiary alicyclic amines) is 1. The molecule has 2 heterocycles. The van der Waals surface area contributed by atoms with Crippen LogP contribution in [0.5, 0.6) is 0 Å². The van der Waals surface area contributed by atoms with Gasteiger partial charge in [0, 0.05) is 31.7 Å². The molecule has 0 radical (unpaired) electrons. The van der Waals surface area contributed by atoms with Crippen molar-refractivity contribution in [2.75, 3.05) is 13.1 Å². The van der Waals surface area contributed by atoms with Crippen LogP contribution in [0.1, 0.15) is 48.6 Å². The molecule has 0 aromatic carbocycles. The summed E-state index contributed by atoms with van der Waals surface area (Å²) in [6.07, 6.45) is 6.10. The molecule has 5 nitrogen and oxygen atoms in total. The van der Waals surface area contributed by atoms with Crippen molar-refractivity contribution in [2.45, 2.75) is 38.1 Å². The molecule has 1 saturated carbocycles. The minimum atomic E-state index is -0.752. The first-order valence-corrected chi connectivity index (χ1v) is 7.33. The number of carbonyl (C=O) groups is 2. The number of hydrogen-bond donors (Lipinski definition) is 1. The zero-order valence-corrected chi connectivity index (χ0v) is 11.5. The Morgan fingerprint density at radius 2 is 2.10 bits per heavy atom. The summed E-state index contributed by atoms with van der Waals surface area (Å²) in [5.74, 6) is -0.323. The minimum absolute atomic E-state index is 0.0970. The van der Waals surface area contributed by atoms with Crippen LogP contribution in [0.4, 0.5) is 0 Å². The number of rotatable bonds is 5. The van der Waals surface area contributed by atoms with Crippen molar-refractivity contribution in [2.24, 2.45) is 5.92 Å². The molecule has 0 spiro atoms. The lowest BCUT2D eigenvalue weighted by Crippen LogP contribution is -2.30. The molecule has 2 fully saturated rings. The summed E-state index contributed by atoms with van der Waals surface area (Å²) in [6.45, 7) is 1.45. The van der Waals surface area contributed by atoms with E-state index < -0.39 is 5.97 Å². The molecule has 1 atom stereocenters. The van der Waals surface area contributed by atoms with Gasteiger partial charge in [-0.25, -0.2) is 0 Å². The maximum absolute atomic E-state index is 12.5. The number of carboxylic acid groups (broad SMARTS) is 1. The van der Waals surface area contributed by atoms with Crippen molar-refractivity contribution < 1.29 is 14.7 Å². The van der Waals surface area contributed by atoms with Gasteiger partial charge in [0.1, 0.15) is 5.69 Å². The number of carbonyl (C=O) groups excluding carboxylic acids is 1. The first kappa shape index (κ1) is 13.2. The summed E-state index contributed by atoms with van der Waals surface area (Å²) >= 11 is 0. The molecule has 1 amide bonds. The zero-order valence-electron chi connectivity index (χ0n) is 11.5. The van der Waals surface area contributed by atoms with E-state index in [1.807, 2.05) is 23.2 Å². The standard InChI is InChI=1S/C15H20N2O3/c18-14(19)6-3-11-7-9-16(10-11)15(20)13-2-1-8-17(13)12-4-5-12/h1-2,8,11-12H,3-7,9-10H2,(H,18,19). The highest BCUT2D eigenvalue weighted by molar-refractivity contribution is 5.93. The van der Waals surface area contributed by atoms with E-state index in [4.69, 9.17) is 5.11 Å². The number of amides is 1. The number of carboxylic acids is 1. The third kappa shape index (κ3) is 2.71. The largest absolute Gasteiger partial charge is 0.481 e. The van der Waals surface area contributed by atoms with Gasteiger partial charge in [0.2, 0.25) is 0 Å². The van der Waals surface area contributed by atoms with Crippen LogP contribution in [0, 0.1) is 5.92 Å².